The number of nitrogens with zero attached hydrogens (tertiary/aromatic N) is 1. The number of hydrogen-bond acceptors (Lipinski definition) is 2. The Balaban J connectivity index is 2.29. The van der Waals surface area contributed by atoms with Crippen molar-refractivity contribution in [3.05, 3.63) is 29.5 Å². The smallest absolute Gasteiger partial charge is 0.152 e. The lowest BCUT2D eigenvalue weighted by Gasteiger charge is -2.08. The predicted molar refractivity (Wildman–Crippen MR) is 76.6 cm³/mol. The SMILES string of the molecule is COc1ccc2c(c1)c(C=O)c(C1CC1)n2CCCl. The minimum absolute atomic E-state index is 0.516. The van der Waals surface area contributed by atoms with Crippen LogP contribution in [0.5, 0.6) is 5.75 Å². The normalized spacial score (nSPS) is 14.8. The number of aldehydes is 1. The lowest BCUT2D eigenvalue weighted by Crippen LogP contribution is -2.04. The zero-order valence-corrected chi connectivity index (χ0v) is 11.6. The van der Waals surface area contributed by atoms with Crippen LogP contribution < -0.4 is 4.74 Å². The number of hydrogen-bond donors (Lipinski definition) is 0. The molecule has 0 unspecified atom stereocenters. The summed E-state index contributed by atoms with van der Waals surface area (Å²) in [6.45, 7) is 0.740. The van der Waals surface area contributed by atoms with Gasteiger partial charge in [-0.3, -0.25) is 4.79 Å². The Kier molecular flexibility index (Phi) is 3.23. The minimum Gasteiger partial charge on any atom is -0.497 e. The van der Waals surface area contributed by atoms with Crippen LogP contribution in [0.3, 0.4) is 0 Å². The lowest BCUT2D eigenvalue weighted by molar-refractivity contribution is 0.112. The van der Waals surface area contributed by atoms with Gasteiger partial charge in [-0.1, -0.05) is 0 Å². The summed E-state index contributed by atoms with van der Waals surface area (Å²) < 4.78 is 7.45. The van der Waals surface area contributed by atoms with Gasteiger partial charge in [-0.15, -0.1) is 11.6 Å². The Labute approximate surface area is 117 Å². The van der Waals surface area contributed by atoms with Gasteiger partial charge in [0.15, 0.2) is 6.29 Å². The van der Waals surface area contributed by atoms with E-state index in [2.05, 4.69) is 4.57 Å². The van der Waals surface area contributed by atoms with E-state index in [0.717, 1.165) is 53.6 Å². The summed E-state index contributed by atoms with van der Waals surface area (Å²) in [6, 6.07) is 5.88. The average molecular weight is 278 g/mol. The van der Waals surface area contributed by atoms with Gasteiger partial charge in [0, 0.05) is 34.6 Å². The van der Waals surface area contributed by atoms with Crippen LogP contribution in [0.1, 0.15) is 34.8 Å². The number of fused-ring (bicyclic) bond motifs is 1. The number of halogens is 1. The number of methoxy groups -OCH3 is 1. The first-order valence-electron chi connectivity index (χ1n) is 6.51. The molecule has 1 saturated carbocycles. The zero-order chi connectivity index (χ0) is 13.4. The number of carbonyl (C=O) groups excluding carboxylic acids is 1. The molecule has 1 aliphatic rings. The van der Waals surface area contributed by atoms with Crippen molar-refractivity contribution in [1.29, 1.82) is 0 Å². The predicted octanol–water partition coefficient (Wildman–Crippen LogP) is 3.58. The molecule has 0 aliphatic heterocycles. The Bertz CT molecular complexity index is 629. The van der Waals surface area contributed by atoms with Crippen molar-refractivity contribution in [2.24, 2.45) is 0 Å². The molecule has 19 heavy (non-hydrogen) atoms. The maximum absolute atomic E-state index is 11.5. The Morgan fingerprint density at radius 1 is 1.47 bits per heavy atom. The second kappa shape index (κ2) is 4.89. The molecule has 1 heterocycles. The molecular weight excluding hydrogens is 262 g/mol. The van der Waals surface area contributed by atoms with Crippen LogP contribution in [0, 0.1) is 0 Å². The van der Waals surface area contributed by atoms with E-state index in [1.807, 2.05) is 18.2 Å². The Morgan fingerprint density at radius 3 is 2.84 bits per heavy atom. The van der Waals surface area contributed by atoms with Crippen molar-refractivity contribution in [3.63, 3.8) is 0 Å². The Morgan fingerprint density at radius 2 is 2.26 bits per heavy atom. The highest BCUT2D eigenvalue weighted by atomic mass is 35.5. The fourth-order valence-electron chi connectivity index (χ4n) is 2.75. The van der Waals surface area contributed by atoms with Gasteiger partial charge >= 0.3 is 0 Å². The van der Waals surface area contributed by atoms with E-state index in [-0.39, 0.29) is 0 Å². The third kappa shape index (κ3) is 2.02. The summed E-state index contributed by atoms with van der Waals surface area (Å²) in [7, 11) is 1.64. The molecule has 1 aromatic carbocycles. The van der Waals surface area contributed by atoms with Gasteiger partial charge in [0.2, 0.25) is 0 Å². The molecule has 2 aromatic rings. The van der Waals surface area contributed by atoms with Crippen LogP contribution in [0.15, 0.2) is 18.2 Å². The number of ether oxygens (including phenoxy) is 1. The van der Waals surface area contributed by atoms with Crippen molar-refractivity contribution in [2.45, 2.75) is 25.3 Å². The third-order valence-corrected chi connectivity index (χ3v) is 3.91. The maximum atomic E-state index is 11.5. The molecule has 0 spiro atoms. The molecule has 1 aliphatic carbocycles. The average Bonchev–Trinajstić information content (AvgIpc) is 3.23. The van der Waals surface area contributed by atoms with Crippen LogP contribution in [0.2, 0.25) is 0 Å². The highest BCUT2D eigenvalue weighted by Gasteiger charge is 2.31. The molecule has 0 amide bonds. The molecule has 1 aromatic heterocycles. The summed E-state index contributed by atoms with van der Waals surface area (Å²) >= 11 is 5.91. The topological polar surface area (TPSA) is 31.2 Å². The number of benzene rings is 1. The number of carbonyl (C=O) groups is 1. The van der Waals surface area contributed by atoms with Crippen LogP contribution in [-0.4, -0.2) is 23.8 Å². The molecule has 3 nitrogen and oxygen atoms in total. The van der Waals surface area contributed by atoms with E-state index in [0.29, 0.717) is 11.8 Å². The van der Waals surface area contributed by atoms with Crippen molar-refractivity contribution in [1.82, 2.24) is 4.57 Å². The van der Waals surface area contributed by atoms with E-state index in [1.165, 1.54) is 0 Å². The van der Waals surface area contributed by atoms with Crippen molar-refractivity contribution < 1.29 is 9.53 Å². The number of alkyl halides is 1. The molecule has 1 fully saturated rings. The molecule has 0 N–H and O–H groups in total. The summed E-state index contributed by atoms with van der Waals surface area (Å²) in [4.78, 5) is 11.5. The van der Waals surface area contributed by atoms with Crippen molar-refractivity contribution in [2.75, 3.05) is 13.0 Å². The van der Waals surface area contributed by atoms with Gasteiger partial charge in [-0.25, -0.2) is 0 Å². The second-order valence-corrected chi connectivity index (χ2v) is 5.29. The van der Waals surface area contributed by atoms with Crippen LogP contribution in [0.25, 0.3) is 10.9 Å². The third-order valence-electron chi connectivity index (χ3n) is 3.74. The van der Waals surface area contributed by atoms with E-state index in [4.69, 9.17) is 16.3 Å². The van der Waals surface area contributed by atoms with Crippen molar-refractivity contribution in [3.8, 4) is 5.75 Å². The monoisotopic (exact) mass is 277 g/mol. The molecule has 0 saturated heterocycles. The first kappa shape index (κ1) is 12.5. The first-order valence-corrected chi connectivity index (χ1v) is 7.05. The number of aryl methyl sites for hydroxylation is 1. The van der Waals surface area contributed by atoms with E-state index in [9.17, 15) is 4.79 Å². The summed E-state index contributed by atoms with van der Waals surface area (Å²) in [5, 5.41) is 0.973. The second-order valence-electron chi connectivity index (χ2n) is 4.91. The van der Waals surface area contributed by atoms with Gasteiger partial charge in [-0.05, 0) is 37.0 Å². The van der Waals surface area contributed by atoms with E-state index in [1.54, 1.807) is 7.11 Å². The largest absolute Gasteiger partial charge is 0.497 e. The maximum Gasteiger partial charge on any atom is 0.152 e. The molecule has 4 heteroatoms. The zero-order valence-electron chi connectivity index (χ0n) is 10.9. The standard InChI is InChI=1S/C15H16ClNO2/c1-19-11-4-5-14-12(8-11)13(9-18)15(10-2-3-10)17(14)7-6-16/h4-5,8-10H,2-3,6-7H2,1H3. The molecule has 0 radical (unpaired) electrons. The summed E-state index contributed by atoms with van der Waals surface area (Å²) in [5.74, 6) is 1.84. The molecular formula is C15H16ClNO2. The summed E-state index contributed by atoms with van der Waals surface area (Å²) in [6.07, 6.45) is 3.30. The highest BCUT2D eigenvalue weighted by Crippen LogP contribution is 2.44. The Hall–Kier alpha value is -1.48. The van der Waals surface area contributed by atoms with Gasteiger partial charge in [0.25, 0.3) is 0 Å². The fourth-order valence-corrected chi connectivity index (χ4v) is 2.92. The van der Waals surface area contributed by atoms with Gasteiger partial charge in [-0.2, -0.15) is 0 Å². The van der Waals surface area contributed by atoms with Gasteiger partial charge in [0.05, 0.1) is 7.11 Å². The van der Waals surface area contributed by atoms with Gasteiger partial charge in [0.1, 0.15) is 5.75 Å². The lowest BCUT2D eigenvalue weighted by atomic mass is 10.1. The van der Waals surface area contributed by atoms with Crippen LogP contribution in [-0.2, 0) is 6.54 Å². The van der Waals surface area contributed by atoms with Crippen molar-refractivity contribution >= 4 is 28.8 Å². The molecule has 3 rings (SSSR count). The minimum atomic E-state index is 0.516. The highest BCUT2D eigenvalue weighted by molar-refractivity contribution is 6.17. The molecule has 0 atom stereocenters. The number of aromatic nitrogens is 1. The first-order chi connectivity index (χ1) is 9.30. The van der Waals surface area contributed by atoms with Gasteiger partial charge < -0.3 is 9.30 Å². The summed E-state index contributed by atoms with van der Waals surface area (Å²) in [5.41, 5.74) is 3.03. The quantitative estimate of drug-likeness (QED) is 0.618. The molecule has 0 bridgehead atoms. The number of rotatable bonds is 5. The van der Waals surface area contributed by atoms with E-state index < -0.39 is 0 Å². The molecule has 100 valence electrons. The van der Waals surface area contributed by atoms with E-state index >= 15 is 0 Å². The van der Waals surface area contributed by atoms with Crippen LogP contribution in [0.4, 0.5) is 0 Å². The van der Waals surface area contributed by atoms with Crippen LogP contribution >= 0.6 is 11.6 Å². The fraction of sp³-hybridized carbons (Fsp3) is 0.400.